The third kappa shape index (κ3) is 3.56. The molecule has 7 nitrogen and oxygen atoms in total. The van der Waals surface area contributed by atoms with Gasteiger partial charge in [-0.25, -0.2) is 12.8 Å². The summed E-state index contributed by atoms with van der Waals surface area (Å²) in [7, 11) is -3.78. The highest BCUT2D eigenvalue weighted by atomic mass is 32.2. The molecule has 28 heavy (non-hydrogen) atoms. The van der Waals surface area contributed by atoms with Crippen LogP contribution in [0.15, 0.2) is 29.2 Å². The quantitative estimate of drug-likeness (QED) is 0.745. The average molecular weight is 411 g/mol. The van der Waals surface area contributed by atoms with Gasteiger partial charge in [-0.2, -0.15) is 4.31 Å². The van der Waals surface area contributed by atoms with Crippen LogP contribution in [0.5, 0.6) is 0 Å². The zero-order valence-corrected chi connectivity index (χ0v) is 16.6. The van der Waals surface area contributed by atoms with Gasteiger partial charge >= 0.3 is 0 Å². The smallest absolute Gasteiger partial charge is 0.243 e. The van der Waals surface area contributed by atoms with Crippen molar-refractivity contribution in [3.63, 3.8) is 0 Å². The Morgan fingerprint density at radius 3 is 2.68 bits per heavy atom. The summed E-state index contributed by atoms with van der Waals surface area (Å²) in [6.45, 7) is 4.42. The van der Waals surface area contributed by atoms with Crippen molar-refractivity contribution in [1.29, 1.82) is 0 Å². The largest absolute Gasteiger partial charge is 0.380 e. The summed E-state index contributed by atoms with van der Waals surface area (Å²) >= 11 is 0. The molecule has 1 aromatic carbocycles. The van der Waals surface area contributed by atoms with Gasteiger partial charge in [-0.15, -0.1) is 0 Å². The standard InChI is InChI=1S/C19H26FN3O4S/c20-16-3-5-17(6-4-16)28(25,26)23-11-15-12-27-14-19(15,13-23)18(24)21-7-10-22-8-1-2-9-22/h3-6,15H,1-2,7-14H2,(H,21,24)/t15-,19-/m0/s1. The number of hydrogen-bond donors (Lipinski definition) is 1. The maximum atomic E-state index is 13.2. The van der Waals surface area contributed by atoms with Crippen LogP contribution in [-0.2, 0) is 19.6 Å². The fraction of sp³-hybridized carbons (Fsp3) is 0.632. The Kier molecular flexibility index (Phi) is 5.43. The molecule has 4 rings (SSSR count). The lowest BCUT2D eigenvalue weighted by Gasteiger charge is -2.26. The first-order valence-electron chi connectivity index (χ1n) is 9.76. The summed E-state index contributed by atoms with van der Waals surface area (Å²) < 4.78 is 46.0. The van der Waals surface area contributed by atoms with Gasteiger partial charge in [0.25, 0.3) is 0 Å². The highest BCUT2D eigenvalue weighted by Crippen LogP contribution is 2.43. The van der Waals surface area contributed by atoms with Crippen molar-refractivity contribution in [3.8, 4) is 0 Å². The molecule has 1 amide bonds. The van der Waals surface area contributed by atoms with Crippen LogP contribution in [0.25, 0.3) is 0 Å². The number of nitrogens with one attached hydrogen (secondary N) is 1. The minimum Gasteiger partial charge on any atom is -0.380 e. The number of carbonyl (C=O) groups excluding carboxylic acids is 1. The van der Waals surface area contributed by atoms with Crippen molar-refractivity contribution in [2.24, 2.45) is 11.3 Å². The number of sulfonamides is 1. The number of hydrogen-bond acceptors (Lipinski definition) is 5. The van der Waals surface area contributed by atoms with E-state index in [1.807, 2.05) is 0 Å². The average Bonchev–Trinajstić information content (AvgIpc) is 3.38. The topological polar surface area (TPSA) is 79.0 Å². The van der Waals surface area contributed by atoms with Crippen molar-refractivity contribution in [1.82, 2.24) is 14.5 Å². The van der Waals surface area contributed by atoms with E-state index in [0.29, 0.717) is 13.2 Å². The molecular weight excluding hydrogens is 385 g/mol. The molecular formula is C19H26FN3O4S. The van der Waals surface area contributed by atoms with E-state index in [1.54, 1.807) is 0 Å². The Bertz CT molecular complexity index is 826. The van der Waals surface area contributed by atoms with Gasteiger partial charge in [-0.1, -0.05) is 0 Å². The van der Waals surface area contributed by atoms with Crippen LogP contribution in [0.1, 0.15) is 12.8 Å². The molecule has 3 saturated heterocycles. The maximum absolute atomic E-state index is 13.2. The SMILES string of the molecule is O=C(NCCN1CCCC1)[C@@]12COC[C@@H]1CN(S(=O)(=O)c1ccc(F)cc1)C2. The maximum Gasteiger partial charge on any atom is 0.243 e. The number of carbonyl (C=O) groups is 1. The molecule has 3 heterocycles. The zero-order valence-electron chi connectivity index (χ0n) is 15.8. The van der Waals surface area contributed by atoms with Gasteiger partial charge in [0, 0.05) is 32.1 Å². The molecule has 0 aliphatic carbocycles. The van der Waals surface area contributed by atoms with Crippen molar-refractivity contribution in [2.45, 2.75) is 17.7 Å². The number of nitrogens with zero attached hydrogens (tertiary/aromatic N) is 2. The van der Waals surface area contributed by atoms with Crippen LogP contribution in [-0.4, -0.2) is 76.0 Å². The first-order chi connectivity index (χ1) is 13.4. The number of benzene rings is 1. The van der Waals surface area contributed by atoms with E-state index in [1.165, 1.54) is 29.3 Å². The van der Waals surface area contributed by atoms with Crippen molar-refractivity contribution >= 4 is 15.9 Å². The Morgan fingerprint density at radius 2 is 1.96 bits per heavy atom. The molecule has 0 spiro atoms. The monoisotopic (exact) mass is 411 g/mol. The first kappa shape index (κ1) is 19.8. The Balaban J connectivity index is 1.45. The molecule has 0 bridgehead atoms. The Hall–Kier alpha value is -1.55. The predicted octanol–water partition coefficient (Wildman–Crippen LogP) is 0.675. The van der Waals surface area contributed by atoms with Crippen LogP contribution in [0.3, 0.4) is 0 Å². The lowest BCUT2D eigenvalue weighted by molar-refractivity contribution is -0.131. The van der Waals surface area contributed by atoms with E-state index >= 15 is 0 Å². The molecule has 3 fully saturated rings. The van der Waals surface area contributed by atoms with Gasteiger partial charge < -0.3 is 15.0 Å². The lowest BCUT2D eigenvalue weighted by Crippen LogP contribution is -2.48. The number of halogens is 1. The summed E-state index contributed by atoms with van der Waals surface area (Å²) in [6.07, 6.45) is 2.40. The minimum atomic E-state index is -3.78. The molecule has 0 aromatic heterocycles. The number of likely N-dealkylation sites (tertiary alicyclic amines) is 1. The summed E-state index contributed by atoms with van der Waals surface area (Å²) in [5, 5.41) is 3.00. The molecule has 0 unspecified atom stereocenters. The second-order valence-electron chi connectivity index (χ2n) is 7.92. The fourth-order valence-corrected chi connectivity index (χ4v) is 6.01. The van der Waals surface area contributed by atoms with E-state index < -0.39 is 21.3 Å². The van der Waals surface area contributed by atoms with Gasteiger partial charge in [0.1, 0.15) is 5.82 Å². The molecule has 0 radical (unpaired) electrons. The Morgan fingerprint density at radius 1 is 1.25 bits per heavy atom. The van der Waals surface area contributed by atoms with Crippen molar-refractivity contribution in [3.05, 3.63) is 30.1 Å². The highest BCUT2D eigenvalue weighted by molar-refractivity contribution is 7.89. The fourth-order valence-electron chi connectivity index (χ4n) is 4.46. The summed E-state index contributed by atoms with van der Waals surface area (Å²) in [5.41, 5.74) is -0.849. The highest BCUT2D eigenvalue weighted by Gasteiger charge is 2.58. The van der Waals surface area contributed by atoms with Gasteiger partial charge in [-0.3, -0.25) is 4.79 Å². The molecule has 0 saturated carbocycles. The lowest BCUT2D eigenvalue weighted by atomic mass is 9.80. The number of rotatable bonds is 6. The molecule has 1 N–H and O–H groups in total. The van der Waals surface area contributed by atoms with E-state index in [9.17, 15) is 17.6 Å². The predicted molar refractivity (Wildman–Crippen MR) is 101 cm³/mol. The van der Waals surface area contributed by atoms with Crippen molar-refractivity contribution in [2.75, 3.05) is 52.5 Å². The van der Waals surface area contributed by atoms with Crippen molar-refractivity contribution < 1.29 is 22.3 Å². The normalized spacial score (nSPS) is 28.5. The summed E-state index contributed by atoms with van der Waals surface area (Å²) in [6, 6.07) is 4.79. The molecule has 2 atom stereocenters. The summed E-state index contributed by atoms with van der Waals surface area (Å²) in [5.74, 6) is -0.792. The van der Waals surface area contributed by atoms with Crippen LogP contribution in [0, 0.1) is 17.2 Å². The van der Waals surface area contributed by atoms with E-state index in [0.717, 1.165) is 31.8 Å². The van der Waals surface area contributed by atoms with Crippen LogP contribution in [0.4, 0.5) is 4.39 Å². The number of ether oxygens (including phenoxy) is 1. The minimum absolute atomic E-state index is 0.0411. The summed E-state index contributed by atoms with van der Waals surface area (Å²) in [4.78, 5) is 15.4. The number of fused-ring (bicyclic) bond motifs is 1. The van der Waals surface area contributed by atoms with E-state index in [2.05, 4.69) is 10.2 Å². The van der Waals surface area contributed by atoms with Gasteiger partial charge in [0.15, 0.2) is 0 Å². The molecule has 154 valence electrons. The van der Waals surface area contributed by atoms with Crippen LogP contribution in [0.2, 0.25) is 0 Å². The second kappa shape index (κ2) is 7.70. The van der Waals surface area contributed by atoms with Crippen LogP contribution >= 0.6 is 0 Å². The van der Waals surface area contributed by atoms with E-state index in [-0.39, 0.29) is 36.4 Å². The van der Waals surface area contributed by atoms with Gasteiger partial charge in [-0.05, 0) is 50.2 Å². The third-order valence-corrected chi connectivity index (χ3v) is 7.98. The zero-order chi connectivity index (χ0) is 19.8. The van der Waals surface area contributed by atoms with Gasteiger partial charge in [0.2, 0.25) is 15.9 Å². The Labute approximate surface area is 164 Å². The molecule has 1 aromatic rings. The molecule has 3 aliphatic rings. The van der Waals surface area contributed by atoms with Gasteiger partial charge in [0.05, 0.1) is 23.5 Å². The molecule has 3 aliphatic heterocycles. The number of amides is 1. The first-order valence-corrected chi connectivity index (χ1v) is 11.2. The van der Waals surface area contributed by atoms with Crippen LogP contribution < -0.4 is 5.32 Å². The third-order valence-electron chi connectivity index (χ3n) is 6.16. The van der Waals surface area contributed by atoms with E-state index in [4.69, 9.17) is 4.74 Å². The molecule has 9 heteroatoms. The second-order valence-corrected chi connectivity index (χ2v) is 9.86.